The zero-order valence-corrected chi connectivity index (χ0v) is 14.3. The lowest BCUT2D eigenvalue weighted by atomic mass is 10.2. The topological polar surface area (TPSA) is 63.9 Å². The molecule has 3 aromatic rings. The second-order valence-electron chi connectivity index (χ2n) is 6.22. The Morgan fingerprint density at radius 2 is 1.73 bits per heavy atom. The minimum Gasteiger partial charge on any atom is -0.341 e. The van der Waals surface area contributed by atoms with Crippen LogP contribution in [0.2, 0.25) is 0 Å². The van der Waals surface area contributed by atoms with Gasteiger partial charge in [0.2, 0.25) is 5.95 Å². The predicted molar refractivity (Wildman–Crippen MR) is 100 cm³/mol. The first-order valence-electron chi connectivity index (χ1n) is 8.69. The summed E-state index contributed by atoms with van der Waals surface area (Å²) in [5, 5.41) is 4.25. The standard InChI is InChI=1S/C20H19N5O/c26-19(17-14-23-25(15-17)18-6-2-1-3-7-18)9-8-16-12-21-20(22-13-16)24-10-4-5-11-24/h1-3,6-9,12-15H,4-5,10-11H2/b9-8-. The van der Waals surface area contributed by atoms with Crippen molar-refractivity contribution in [3.05, 3.63) is 72.3 Å². The van der Waals surface area contributed by atoms with Gasteiger partial charge in [-0.05, 0) is 37.1 Å². The van der Waals surface area contributed by atoms with Crippen molar-refractivity contribution in [3.8, 4) is 5.69 Å². The molecule has 0 spiro atoms. The van der Waals surface area contributed by atoms with E-state index in [-0.39, 0.29) is 5.78 Å². The summed E-state index contributed by atoms with van der Waals surface area (Å²) in [5.41, 5.74) is 2.26. The van der Waals surface area contributed by atoms with E-state index < -0.39 is 0 Å². The molecule has 0 bridgehead atoms. The number of hydrogen-bond donors (Lipinski definition) is 0. The highest BCUT2D eigenvalue weighted by Crippen LogP contribution is 2.15. The summed E-state index contributed by atoms with van der Waals surface area (Å²) in [6.07, 6.45) is 12.4. The quantitative estimate of drug-likeness (QED) is 0.525. The number of carbonyl (C=O) groups is 1. The van der Waals surface area contributed by atoms with Gasteiger partial charge < -0.3 is 4.90 Å². The average Bonchev–Trinajstić information content (AvgIpc) is 3.39. The van der Waals surface area contributed by atoms with Crippen molar-refractivity contribution in [3.63, 3.8) is 0 Å². The number of aromatic nitrogens is 4. The number of allylic oxidation sites excluding steroid dienone is 1. The van der Waals surface area contributed by atoms with Crippen molar-refractivity contribution in [2.75, 3.05) is 18.0 Å². The number of para-hydroxylation sites is 1. The molecule has 4 rings (SSSR count). The molecule has 0 N–H and O–H groups in total. The summed E-state index contributed by atoms with van der Waals surface area (Å²) in [6.45, 7) is 2.03. The third-order valence-electron chi connectivity index (χ3n) is 4.36. The van der Waals surface area contributed by atoms with Gasteiger partial charge in [-0.25, -0.2) is 14.6 Å². The third-order valence-corrected chi connectivity index (χ3v) is 4.36. The molecule has 26 heavy (non-hydrogen) atoms. The molecule has 1 saturated heterocycles. The van der Waals surface area contributed by atoms with Crippen LogP contribution in [0.5, 0.6) is 0 Å². The van der Waals surface area contributed by atoms with Crippen LogP contribution in [0.4, 0.5) is 5.95 Å². The first-order chi connectivity index (χ1) is 12.8. The fourth-order valence-electron chi connectivity index (χ4n) is 2.94. The van der Waals surface area contributed by atoms with Crippen molar-refractivity contribution in [1.29, 1.82) is 0 Å². The van der Waals surface area contributed by atoms with Gasteiger partial charge in [0.05, 0.1) is 17.4 Å². The molecule has 6 nitrogen and oxygen atoms in total. The Labute approximate surface area is 151 Å². The van der Waals surface area contributed by atoms with Gasteiger partial charge in [0.15, 0.2) is 5.78 Å². The molecule has 0 aliphatic carbocycles. The van der Waals surface area contributed by atoms with E-state index in [9.17, 15) is 4.79 Å². The molecule has 6 heteroatoms. The van der Waals surface area contributed by atoms with Crippen LogP contribution < -0.4 is 4.90 Å². The lowest BCUT2D eigenvalue weighted by Crippen LogP contribution is -2.20. The molecule has 130 valence electrons. The Balaban J connectivity index is 1.43. The summed E-state index contributed by atoms with van der Waals surface area (Å²) in [5.74, 6) is 0.658. The Bertz CT molecular complexity index is 909. The SMILES string of the molecule is O=C(/C=C\c1cnc(N2CCCC2)nc1)c1cnn(-c2ccccc2)c1. The smallest absolute Gasteiger partial charge is 0.225 e. The highest BCUT2D eigenvalue weighted by molar-refractivity contribution is 6.06. The molecular weight excluding hydrogens is 326 g/mol. The maximum Gasteiger partial charge on any atom is 0.225 e. The largest absolute Gasteiger partial charge is 0.341 e. The average molecular weight is 345 g/mol. The van der Waals surface area contributed by atoms with Crippen LogP contribution in [0.25, 0.3) is 11.8 Å². The molecule has 0 atom stereocenters. The lowest BCUT2D eigenvalue weighted by molar-refractivity contribution is 0.104. The summed E-state index contributed by atoms with van der Waals surface area (Å²) in [7, 11) is 0. The van der Waals surface area contributed by atoms with Crippen molar-refractivity contribution in [2.24, 2.45) is 0 Å². The van der Waals surface area contributed by atoms with Crippen LogP contribution in [-0.2, 0) is 0 Å². The Morgan fingerprint density at radius 1 is 1.00 bits per heavy atom. The normalized spacial score (nSPS) is 14.2. The van der Waals surface area contributed by atoms with Crippen LogP contribution in [0.1, 0.15) is 28.8 Å². The van der Waals surface area contributed by atoms with Gasteiger partial charge in [-0.15, -0.1) is 0 Å². The van der Waals surface area contributed by atoms with Crippen LogP contribution in [-0.4, -0.2) is 38.6 Å². The molecule has 3 heterocycles. The molecule has 0 saturated carbocycles. The Hall–Kier alpha value is -3.28. The number of anilines is 1. The van der Waals surface area contributed by atoms with E-state index in [1.165, 1.54) is 18.9 Å². The van der Waals surface area contributed by atoms with Crippen molar-refractivity contribution < 1.29 is 4.79 Å². The van der Waals surface area contributed by atoms with E-state index in [1.807, 2.05) is 30.3 Å². The minimum atomic E-state index is -0.101. The summed E-state index contributed by atoms with van der Waals surface area (Å²) >= 11 is 0. The fourth-order valence-corrected chi connectivity index (χ4v) is 2.94. The number of nitrogens with zero attached hydrogens (tertiary/aromatic N) is 5. The van der Waals surface area contributed by atoms with Crippen molar-refractivity contribution in [1.82, 2.24) is 19.7 Å². The van der Waals surface area contributed by atoms with Gasteiger partial charge in [0.1, 0.15) is 0 Å². The molecular formula is C20H19N5O. The van der Waals surface area contributed by atoms with Crippen LogP contribution in [0, 0.1) is 0 Å². The van der Waals surface area contributed by atoms with Gasteiger partial charge >= 0.3 is 0 Å². The summed E-state index contributed by atoms with van der Waals surface area (Å²) in [6, 6.07) is 9.69. The van der Waals surface area contributed by atoms with E-state index in [0.717, 1.165) is 30.3 Å². The van der Waals surface area contributed by atoms with E-state index in [2.05, 4.69) is 20.0 Å². The van der Waals surface area contributed by atoms with Crippen molar-refractivity contribution >= 4 is 17.8 Å². The summed E-state index contributed by atoms with van der Waals surface area (Å²) < 4.78 is 1.69. The van der Waals surface area contributed by atoms with E-state index in [4.69, 9.17) is 0 Å². The van der Waals surface area contributed by atoms with E-state index in [0.29, 0.717) is 5.56 Å². The maximum atomic E-state index is 12.3. The van der Waals surface area contributed by atoms with Gasteiger partial charge in [-0.3, -0.25) is 4.79 Å². The molecule has 1 fully saturated rings. The van der Waals surface area contributed by atoms with Crippen LogP contribution >= 0.6 is 0 Å². The fraction of sp³-hybridized carbons (Fsp3) is 0.200. The second-order valence-corrected chi connectivity index (χ2v) is 6.22. The van der Waals surface area contributed by atoms with Gasteiger partial charge in [-0.1, -0.05) is 18.2 Å². The third kappa shape index (κ3) is 3.54. The number of hydrogen-bond acceptors (Lipinski definition) is 5. The number of benzene rings is 1. The zero-order valence-electron chi connectivity index (χ0n) is 14.3. The van der Waals surface area contributed by atoms with E-state index >= 15 is 0 Å². The Morgan fingerprint density at radius 3 is 2.46 bits per heavy atom. The van der Waals surface area contributed by atoms with Crippen LogP contribution in [0.3, 0.4) is 0 Å². The van der Waals surface area contributed by atoms with Gasteiger partial charge in [0.25, 0.3) is 0 Å². The highest BCUT2D eigenvalue weighted by Gasteiger charge is 2.14. The maximum absolute atomic E-state index is 12.3. The molecule has 1 aromatic carbocycles. The molecule has 0 amide bonds. The summed E-state index contributed by atoms with van der Waals surface area (Å²) in [4.78, 5) is 23.3. The molecule has 1 aliphatic heterocycles. The predicted octanol–water partition coefficient (Wildman–Crippen LogP) is 3.16. The first-order valence-corrected chi connectivity index (χ1v) is 8.69. The second kappa shape index (κ2) is 7.31. The van der Waals surface area contributed by atoms with Gasteiger partial charge in [0, 0.05) is 37.2 Å². The number of carbonyl (C=O) groups excluding carboxylic acids is 1. The van der Waals surface area contributed by atoms with Crippen molar-refractivity contribution in [2.45, 2.75) is 12.8 Å². The molecule has 1 aliphatic rings. The van der Waals surface area contributed by atoms with Crippen LogP contribution in [0.15, 0.2) is 61.2 Å². The molecule has 0 unspecified atom stereocenters. The molecule has 2 aromatic heterocycles. The van der Waals surface area contributed by atoms with E-state index in [1.54, 1.807) is 35.5 Å². The van der Waals surface area contributed by atoms with Gasteiger partial charge in [-0.2, -0.15) is 5.10 Å². The highest BCUT2D eigenvalue weighted by atomic mass is 16.1. The monoisotopic (exact) mass is 345 g/mol. The number of rotatable bonds is 5. The minimum absolute atomic E-state index is 0.101. The first kappa shape index (κ1) is 16.2. The lowest BCUT2D eigenvalue weighted by Gasteiger charge is -2.14. The molecule has 0 radical (unpaired) electrons. The number of ketones is 1. The zero-order chi connectivity index (χ0) is 17.8. The Kier molecular flexibility index (Phi) is 4.55.